The highest BCUT2D eigenvalue weighted by Crippen LogP contribution is 2.37. The first-order chi connectivity index (χ1) is 20.8. The SMILES string of the molecule is CCOc1cc2ncc(C#N)c(Nc3ccc(OCc4ccccn4)c(Cl)c3)c2cc1NC(=O)C1CCN(C)C(=O)C1=O. The lowest BCUT2D eigenvalue weighted by atomic mass is 9.94. The third-order valence-corrected chi connectivity index (χ3v) is 7.19. The molecule has 0 saturated carbocycles. The standard InChI is InChI=1S/C31H27ClN6O5/c1-3-42-27-14-24-22(13-25(27)37-30(40)21-9-11-38(2)31(41)29(21)39)28(18(15-33)16-35-24)36-19-7-8-26(23(32)12-19)43-17-20-6-4-5-10-34-20/h4-8,10,12-14,16,21H,3,9,11,17H2,1-2H3,(H,35,36)(H,37,40). The fraction of sp³-hybridized carbons (Fsp3) is 0.226. The number of Topliss-reactive ketones (excluding diaryl/α,β-unsaturated/α-hetero) is 1. The lowest BCUT2D eigenvalue weighted by Crippen LogP contribution is -2.47. The van der Waals surface area contributed by atoms with Crippen molar-refractivity contribution in [3.63, 3.8) is 0 Å². The Morgan fingerprint density at radius 1 is 1.14 bits per heavy atom. The van der Waals surface area contributed by atoms with E-state index in [-0.39, 0.29) is 30.8 Å². The van der Waals surface area contributed by atoms with Crippen molar-refractivity contribution in [2.24, 2.45) is 5.92 Å². The molecule has 0 aliphatic carbocycles. The second-order valence-electron chi connectivity index (χ2n) is 9.76. The monoisotopic (exact) mass is 598 g/mol. The minimum atomic E-state index is -1.12. The van der Waals surface area contributed by atoms with Crippen LogP contribution in [0, 0.1) is 17.2 Å². The van der Waals surface area contributed by atoms with E-state index in [1.54, 1.807) is 43.5 Å². The highest BCUT2D eigenvalue weighted by atomic mass is 35.5. The summed E-state index contributed by atoms with van der Waals surface area (Å²) in [5.41, 5.74) is 2.77. The van der Waals surface area contributed by atoms with Gasteiger partial charge in [-0.1, -0.05) is 17.7 Å². The summed E-state index contributed by atoms with van der Waals surface area (Å²) in [5.74, 6) is -2.39. The maximum Gasteiger partial charge on any atom is 0.290 e. The first-order valence-electron chi connectivity index (χ1n) is 13.5. The Kier molecular flexibility index (Phi) is 8.69. The van der Waals surface area contributed by atoms with E-state index < -0.39 is 23.5 Å². The predicted octanol–water partition coefficient (Wildman–Crippen LogP) is 4.86. The third-order valence-electron chi connectivity index (χ3n) is 6.89. The van der Waals surface area contributed by atoms with E-state index in [9.17, 15) is 19.6 Å². The van der Waals surface area contributed by atoms with Crippen LogP contribution in [0.25, 0.3) is 10.9 Å². The van der Waals surface area contributed by atoms with Crippen molar-refractivity contribution in [3.8, 4) is 17.6 Å². The van der Waals surface area contributed by atoms with E-state index in [1.807, 2.05) is 18.2 Å². The lowest BCUT2D eigenvalue weighted by Gasteiger charge is -2.26. The molecule has 1 fully saturated rings. The lowest BCUT2D eigenvalue weighted by molar-refractivity contribution is -0.151. The Morgan fingerprint density at radius 2 is 1.98 bits per heavy atom. The van der Waals surface area contributed by atoms with Gasteiger partial charge in [0.15, 0.2) is 0 Å². The van der Waals surface area contributed by atoms with Gasteiger partial charge in [0, 0.05) is 43.1 Å². The van der Waals surface area contributed by atoms with E-state index in [4.69, 9.17) is 21.1 Å². The number of halogens is 1. The molecule has 0 bridgehead atoms. The number of ketones is 1. The number of nitriles is 1. The number of hydrogen-bond donors (Lipinski definition) is 2. The Balaban J connectivity index is 1.45. The number of piperidine rings is 1. The van der Waals surface area contributed by atoms with Crippen LogP contribution in [-0.4, -0.2) is 52.7 Å². The smallest absolute Gasteiger partial charge is 0.290 e. The molecule has 1 saturated heterocycles. The normalized spacial score (nSPS) is 14.7. The summed E-state index contributed by atoms with van der Waals surface area (Å²) in [6.45, 7) is 2.63. The quantitative estimate of drug-likeness (QED) is 0.203. The van der Waals surface area contributed by atoms with Crippen molar-refractivity contribution in [2.75, 3.05) is 30.8 Å². The zero-order valence-corrected chi connectivity index (χ0v) is 24.1. The molecule has 2 N–H and O–H groups in total. The molecule has 0 spiro atoms. The summed E-state index contributed by atoms with van der Waals surface area (Å²) in [6.07, 6.45) is 3.33. The minimum absolute atomic E-state index is 0.208. The number of amides is 2. The number of likely N-dealkylation sites (N-methyl/N-ethyl adjacent to an activating group) is 1. The topological polar surface area (TPSA) is 147 Å². The molecule has 2 amide bonds. The Hall–Kier alpha value is -5.21. The van der Waals surface area contributed by atoms with Gasteiger partial charge in [0.1, 0.15) is 30.1 Å². The number of carbonyl (C=O) groups is 3. The van der Waals surface area contributed by atoms with Gasteiger partial charge in [0.2, 0.25) is 11.7 Å². The largest absolute Gasteiger partial charge is 0.492 e. The number of ether oxygens (including phenoxy) is 2. The van der Waals surface area contributed by atoms with Crippen molar-refractivity contribution in [1.82, 2.24) is 14.9 Å². The minimum Gasteiger partial charge on any atom is -0.492 e. The number of carbonyl (C=O) groups excluding carboxylic acids is 3. The number of fused-ring (bicyclic) bond motifs is 1. The molecule has 12 heteroatoms. The molecule has 0 radical (unpaired) electrons. The number of aromatic nitrogens is 2. The highest BCUT2D eigenvalue weighted by molar-refractivity contribution is 6.41. The van der Waals surface area contributed by atoms with E-state index in [0.29, 0.717) is 45.4 Å². The average Bonchev–Trinajstić information content (AvgIpc) is 3.00. The van der Waals surface area contributed by atoms with Gasteiger partial charge in [0.25, 0.3) is 5.91 Å². The summed E-state index contributed by atoms with van der Waals surface area (Å²) >= 11 is 6.52. The van der Waals surface area contributed by atoms with E-state index in [0.717, 1.165) is 5.69 Å². The number of nitrogens with zero attached hydrogens (tertiary/aromatic N) is 4. The molecule has 2 aromatic heterocycles. The Labute approximate surface area is 252 Å². The van der Waals surface area contributed by atoms with Gasteiger partial charge in [-0.25, -0.2) is 0 Å². The summed E-state index contributed by atoms with van der Waals surface area (Å²) in [4.78, 5) is 47.8. The Bertz CT molecular complexity index is 1760. The summed E-state index contributed by atoms with van der Waals surface area (Å²) < 4.78 is 11.6. The van der Waals surface area contributed by atoms with Crippen LogP contribution in [0.2, 0.25) is 5.02 Å². The van der Waals surface area contributed by atoms with Crippen molar-refractivity contribution >= 4 is 57.2 Å². The van der Waals surface area contributed by atoms with E-state index in [1.165, 1.54) is 18.1 Å². The molecule has 3 heterocycles. The molecule has 4 aromatic rings. The molecule has 1 unspecified atom stereocenters. The first-order valence-corrected chi connectivity index (χ1v) is 13.9. The molecule has 11 nitrogen and oxygen atoms in total. The van der Waals surface area contributed by atoms with Crippen molar-refractivity contribution < 1.29 is 23.9 Å². The number of nitrogens with one attached hydrogen (secondary N) is 2. The summed E-state index contributed by atoms with van der Waals surface area (Å²) in [6, 6.07) is 16.1. The number of benzene rings is 2. The number of rotatable bonds is 9. The van der Waals surface area contributed by atoms with Gasteiger partial charge in [-0.2, -0.15) is 5.26 Å². The summed E-state index contributed by atoms with van der Waals surface area (Å²) in [7, 11) is 1.52. The van der Waals surface area contributed by atoms with Gasteiger partial charge in [-0.3, -0.25) is 24.4 Å². The van der Waals surface area contributed by atoms with Gasteiger partial charge in [-0.05, 0) is 49.7 Å². The fourth-order valence-electron chi connectivity index (χ4n) is 4.65. The van der Waals surface area contributed by atoms with Crippen LogP contribution in [-0.2, 0) is 21.0 Å². The fourth-order valence-corrected chi connectivity index (χ4v) is 4.88. The average molecular weight is 599 g/mol. The maximum absolute atomic E-state index is 13.2. The molecule has 218 valence electrons. The van der Waals surface area contributed by atoms with Gasteiger partial charge < -0.3 is 25.0 Å². The summed E-state index contributed by atoms with van der Waals surface area (Å²) in [5, 5.41) is 16.7. The van der Waals surface area contributed by atoms with Crippen molar-refractivity contribution in [2.45, 2.75) is 20.0 Å². The molecular formula is C31H27ClN6O5. The van der Waals surface area contributed by atoms with Crippen molar-refractivity contribution in [3.05, 3.63) is 77.2 Å². The predicted molar refractivity (Wildman–Crippen MR) is 160 cm³/mol. The van der Waals surface area contributed by atoms with Crippen molar-refractivity contribution in [1.29, 1.82) is 5.26 Å². The molecule has 43 heavy (non-hydrogen) atoms. The van der Waals surface area contributed by atoms with E-state index in [2.05, 4.69) is 26.7 Å². The molecule has 1 aliphatic rings. The number of hydrogen-bond acceptors (Lipinski definition) is 9. The van der Waals surface area contributed by atoms with Crippen LogP contribution in [0.5, 0.6) is 11.5 Å². The molecule has 2 aromatic carbocycles. The van der Waals surface area contributed by atoms with Crippen LogP contribution >= 0.6 is 11.6 Å². The second-order valence-corrected chi connectivity index (χ2v) is 10.2. The number of pyridine rings is 2. The molecular weight excluding hydrogens is 572 g/mol. The van der Waals surface area contributed by atoms with Crippen LogP contribution in [0.1, 0.15) is 24.6 Å². The van der Waals surface area contributed by atoms with Crippen LogP contribution in [0.3, 0.4) is 0 Å². The van der Waals surface area contributed by atoms with Crippen LogP contribution < -0.4 is 20.1 Å². The number of anilines is 3. The van der Waals surface area contributed by atoms with Crippen LogP contribution in [0.15, 0.2) is 60.9 Å². The second kappa shape index (κ2) is 12.8. The Morgan fingerprint density at radius 3 is 2.70 bits per heavy atom. The maximum atomic E-state index is 13.2. The number of likely N-dealkylation sites (tertiary alicyclic amines) is 1. The first kappa shape index (κ1) is 29.3. The van der Waals surface area contributed by atoms with Gasteiger partial charge in [0.05, 0.1) is 39.8 Å². The molecule has 1 aliphatic heterocycles. The molecule has 5 rings (SSSR count). The zero-order chi connectivity index (χ0) is 30.5. The third kappa shape index (κ3) is 6.34. The van der Waals surface area contributed by atoms with Gasteiger partial charge >= 0.3 is 0 Å². The van der Waals surface area contributed by atoms with E-state index >= 15 is 0 Å². The van der Waals surface area contributed by atoms with Crippen LogP contribution in [0.4, 0.5) is 17.1 Å². The molecule has 1 atom stereocenters. The zero-order valence-electron chi connectivity index (χ0n) is 23.4. The highest BCUT2D eigenvalue weighted by Gasteiger charge is 2.38. The van der Waals surface area contributed by atoms with Gasteiger partial charge in [-0.15, -0.1) is 0 Å².